The molecule has 0 unspecified atom stereocenters. The van der Waals surface area contributed by atoms with Crippen LogP contribution in [0.15, 0.2) is 53.5 Å². The van der Waals surface area contributed by atoms with Gasteiger partial charge in [-0.2, -0.15) is 0 Å². The van der Waals surface area contributed by atoms with E-state index < -0.39 is 0 Å². The summed E-state index contributed by atoms with van der Waals surface area (Å²) in [6.07, 6.45) is 0. The highest BCUT2D eigenvalue weighted by Crippen LogP contribution is 2.28. The molecule has 0 amide bonds. The van der Waals surface area contributed by atoms with E-state index in [2.05, 4.69) is 15.6 Å². The van der Waals surface area contributed by atoms with Gasteiger partial charge < -0.3 is 30.0 Å². The predicted octanol–water partition coefficient (Wildman–Crippen LogP) is 2.20. The quantitative estimate of drug-likeness (QED) is 0.311. The SMILES string of the molecule is CCNC(=NCc1ccc(OCCO)c(OC)c1)NCCOc1ccccc1. The summed E-state index contributed by atoms with van der Waals surface area (Å²) < 4.78 is 16.5. The molecule has 2 rings (SSSR count). The molecule has 3 N–H and O–H groups in total. The maximum Gasteiger partial charge on any atom is 0.191 e. The number of hydrogen-bond acceptors (Lipinski definition) is 5. The van der Waals surface area contributed by atoms with Gasteiger partial charge in [-0.25, -0.2) is 4.99 Å². The molecule has 0 saturated heterocycles. The van der Waals surface area contributed by atoms with Gasteiger partial charge in [-0.3, -0.25) is 0 Å². The van der Waals surface area contributed by atoms with Crippen molar-refractivity contribution >= 4 is 5.96 Å². The number of methoxy groups -OCH3 is 1. The van der Waals surface area contributed by atoms with Crippen LogP contribution in [-0.2, 0) is 6.54 Å². The number of ether oxygens (including phenoxy) is 3. The van der Waals surface area contributed by atoms with Crippen molar-refractivity contribution in [2.45, 2.75) is 13.5 Å². The molecule has 0 radical (unpaired) electrons. The molecule has 2 aromatic carbocycles. The Morgan fingerprint density at radius 2 is 1.82 bits per heavy atom. The summed E-state index contributed by atoms with van der Waals surface area (Å²) in [6, 6.07) is 15.4. The first-order chi connectivity index (χ1) is 13.8. The number of benzene rings is 2. The third-order valence-electron chi connectivity index (χ3n) is 3.75. The van der Waals surface area contributed by atoms with Crippen LogP contribution >= 0.6 is 0 Å². The Morgan fingerprint density at radius 3 is 2.54 bits per heavy atom. The topological polar surface area (TPSA) is 84.3 Å². The third-order valence-corrected chi connectivity index (χ3v) is 3.75. The van der Waals surface area contributed by atoms with E-state index in [4.69, 9.17) is 19.3 Å². The van der Waals surface area contributed by atoms with Gasteiger partial charge in [-0.1, -0.05) is 24.3 Å². The fourth-order valence-corrected chi connectivity index (χ4v) is 2.45. The molecule has 0 atom stereocenters. The minimum atomic E-state index is -0.0408. The summed E-state index contributed by atoms with van der Waals surface area (Å²) in [5, 5.41) is 15.4. The van der Waals surface area contributed by atoms with Crippen LogP contribution in [0.2, 0.25) is 0 Å². The standard InChI is InChI=1S/C21H29N3O4/c1-3-22-21(23-11-13-27-18-7-5-4-6-8-18)24-16-17-9-10-19(28-14-12-25)20(15-17)26-2/h4-10,15,25H,3,11-14,16H2,1-2H3,(H2,22,23,24). The molecule has 0 aliphatic heterocycles. The lowest BCUT2D eigenvalue weighted by molar-refractivity contribution is 0.196. The number of nitrogens with zero attached hydrogens (tertiary/aromatic N) is 1. The van der Waals surface area contributed by atoms with Crippen molar-refractivity contribution in [3.8, 4) is 17.2 Å². The van der Waals surface area contributed by atoms with E-state index in [0.717, 1.165) is 23.8 Å². The highest BCUT2D eigenvalue weighted by molar-refractivity contribution is 5.79. The molecular weight excluding hydrogens is 358 g/mol. The third kappa shape index (κ3) is 7.36. The summed E-state index contributed by atoms with van der Waals surface area (Å²) >= 11 is 0. The molecule has 0 aliphatic rings. The molecule has 2 aromatic rings. The number of aliphatic imine (C=N–C) groups is 1. The number of hydrogen-bond donors (Lipinski definition) is 3. The van der Waals surface area contributed by atoms with E-state index in [1.807, 2.05) is 55.5 Å². The van der Waals surface area contributed by atoms with Crippen LogP contribution in [-0.4, -0.2) is 51.1 Å². The summed E-state index contributed by atoms with van der Waals surface area (Å²) in [6.45, 7) is 4.65. The van der Waals surface area contributed by atoms with Gasteiger partial charge in [0.15, 0.2) is 17.5 Å². The van der Waals surface area contributed by atoms with Gasteiger partial charge >= 0.3 is 0 Å². The zero-order chi connectivity index (χ0) is 20.0. The van der Waals surface area contributed by atoms with E-state index >= 15 is 0 Å². The fourth-order valence-electron chi connectivity index (χ4n) is 2.45. The van der Waals surface area contributed by atoms with E-state index in [0.29, 0.717) is 31.2 Å². The lowest BCUT2D eigenvalue weighted by atomic mass is 10.2. The monoisotopic (exact) mass is 387 g/mol. The number of guanidine groups is 1. The number of nitrogens with one attached hydrogen (secondary N) is 2. The van der Waals surface area contributed by atoms with Crippen LogP contribution < -0.4 is 24.8 Å². The molecular formula is C21H29N3O4. The minimum absolute atomic E-state index is 0.0408. The number of aliphatic hydroxyl groups excluding tert-OH is 1. The molecule has 0 aromatic heterocycles. The first-order valence-corrected chi connectivity index (χ1v) is 9.37. The van der Waals surface area contributed by atoms with E-state index in [1.54, 1.807) is 7.11 Å². The number of rotatable bonds is 11. The zero-order valence-electron chi connectivity index (χ0n) is 16.5. The second kappa shape index (κ2) is 12.5. The van der Waals surface area contributed by atoms with Crippen molar-refractivity contribution in [2.75, 3.05) is 40.0 Å². The van der Waals surface area contributed by atoms with E-state index in [1.165, 1.54) is 0 Å². The van der Waals surface area contributed by atoms with Crippen molar-refractivity contribution in [1.29, 1.82) is 0 Å². The first kappa shape index (κ1) is 21.4. The van der Waals surface area contributed by atoms with Gasteiger partial charge in [0.1, 0.15) is 19.0 Å². The van der Waals surface area contributed by atoms with Crippen LogP contribution in [0.1, 0.15) is 12.5 Å². The van der Waals surface area contributed by atoms with Gasteiger partial charge in [0.05, 0.1) is 26.8 Å². The minimum Gasteiger partial charge on any atom is -0.493 e. The second-order valence-corrected chi connectivity index (χ2v) is 5.84. The maximum atomic E-state index is 8.89. The van der Waals surface area contributed by atoms with Crippen molar-refractivity contribution in [1.82, 2.24) is 10.6 Å². The molecule has 28 heavy (non-hydrogen) atoms. The van der Waals surface area contributed by atoms with Crippen molar-refractivity contribution in [3.05, 3.63) is 54.1 Å². The lowest BCUT2D eigenvalue weighted by Crippen LogP contribution is -2.39. The summed E-state index contributed by atoms with van der Waals surface area (Å²) in [7, 11) is 1.59. The highest BCUT2D eigenvalue weighted by Gasteiger charge is 2.06. The van der Waals surface area contributed by atoms with Crippen LogP contribution in [0, 0.1) is 0 Å². The Hall–Kier alpha value is -2.93. The normalized spacial score (nSPS) is 11.0. The van der Waals surface area contributed by atoms with Crippen LogP contribution in [0.4, 0.5) is 0 Å². The summed E-state index contributed by atoms with van der Waals surface area (Å²) in [5.41, 5.74) is 0.992. The first-order valence-electron chi connectivity index (χ1n) is 9.37. The van der Waals surface area contributed by atoms with Gasteiger partial charge in [0, 0.05) is 6.54 Å². The van der Waals surface area contributed by atoms with Crippen molar-refractivity contribution in [2.24, 2.45) is 4.99 Å². The molecule has 0 fully saturated rings. The predicted molar refractivity (Wildman–Crippen MR) is 110 cm³/mol. The van der Waals surface area contributed by atoms with Crippen LogP contribution in [0.5, 0.6) is 17.2 Å². The Balaban J connectivity index is 1.88. The molecule has 0 bridgehead atoms. The molecule has 0 spiro atoms. The number of aliphatic hydroxyl groups is 1. The highest BCUT2D eigenvalue weighted by atomic mass is 16.5. The largest absolute Gasteiger partial charge is 0.493 e. The van der Waals surface area contributed by atoms with Gasteiger partial charge in [-0.05, 0) is 36.8 Å². The number of para-hydroxylation sites is 1. The lowest BCUT2D eigenvalue weighted by Gasteiger charge is -2.13. The average molecular weight is 387 g/mol. The Bertz CT molecular complexity index is 723. The van der Waals surface area contributed by atoms with Gasteiger partial charge in [0.25, 0.3) is 0 Å². The molecule has 7 nitrogen and oxygen atoms in total. The fraction of sp³-hybridized carbons (Fsp3) is 0.381. The van der Waals surface area contributed by atoms with Gasteiger partial charge in [-0.15, -0.1) is 0 Å². The van der Waals surface area contributed by atoms with Crippen LogP contribution in [0.3, 0.4) is 0 Å². The summed E-state index contributed by atoms with van der Waals surface area (Å²) in [5.74, 6) is 2.79. The maximum absolute atomic E-state index is 8.89. The molecule has 152 valence electrons. The Morgan fingerprint density at radius 1 is 1.00 bits per heavy atom. The molecule has 7 heteroatoms. The second-order valence-electron chi connectivity index (χ2n) is 5.84. The van der Waals surface area contributed by atoms with Crippen LogP contribution in [0.25, 0.3) is 0 Å². The molecule has 0 aliphatic carbocycles. The Kier molecular flexibility index (Phi) is 9.51. The summed E-state index contributed by atoms with van der Waals surface area (Å²) in [4.78, 5) is 4.60. The smallest absolute Gasteiger partial charge is 0.191 e. The molecule has 0 saturated carbocycles. The van der Waals surface area contributed by atoms with Crippen molar-refractivity contribution in [3.63, 3.8) is 0 Å². The van der Waals surface area contributed by atoms with Gasteiger partial charge in [0.2, 0.25) is 0 Å². The van der Waals surface area contributed by atoms with E-state index in [-0.39, 0.29) is 13.2 Å². The molecule has 0 heterocycles. The average Bonchev–Trinajstić information content (AvgIpc) is 2.74. The Labute approximate surface area is 166 Å². The van der Waals surface area contributed by atoms with E-state index in [9.17, 15) is 0 Å². The zero-order valence-corrected chi connectivity index (χ0v) is 16.5. The van der Waals surface area contributed by atoms with Crippen molar-refractivity contribution < 1.29 is 19.3 Å².